The van der Waals surface area contributed by atoms with E-state index in [9.17, 15) is 14.3 Å². The fourth-order valence-corrected chi connectivity index (χ4v) is 2.13. The molecule has 2 N–H and O–H groups in total. The summed E-state index contributed by atoms with van der Waals surface area (Å²) in [4.78, 5) is 10.7. The first-order valence-corrected chi connectivity index (χ1v) is 5.74. The lowest BCUT2D eigenvalue weighted by atomic mass is 9.80. The van der Waals surface area contributed by atoms with Crippen LogP contribution in [0.15, 0.2) is 12.6 Å². The molecule has 0 saturated heterocycles. The molecule has 1 saturated carbocycles. The van der Waals surface area contributed by atoms with Gasteiger partial charge < -0.3 is 10.2 Å². The minimum atomic E-state index is -1.23. The Morgan fingerprint density at radius 1 is 1.61 bits per heavy atom. The van der Waals surface area contributed by atoms with Crippen LogP contribution in [0.1, 0.15) is 43.4 Å². The predicted octanol–water partition coefficient (Wildman–Crippen LogP) is 2.48. The Kier molecular flexibility index (Phi) is 3.11. The summed E-state index contributed by atoms with van der Waals surface area (Å²) in [5, 5.41) is 22.2. The number of carboxylic acids is 1. The summed E-state index contributed by atoms with van der Waals surface area (Å²) < 4.78 is 14.9. The van der Waals surface area contributed by atoms with Crippen molar-refractivity contribution in [3.63, 3.8) is 0 Å². The SMILES string of the molecule is C=C(O)c1cc(C(C)F)n(C2CC(C(=O)O)C2)n1. The van der Waals surface area contributed by atoms with Gasteiger partial charge in [-0.1, -0.05) is 6.58 Å². The quantitative estimate of drug-likeness (QED) is 0.809. The van der Waals surface area contributed by atoms with Gasteiger partial charge in [-0.25, -0.2) is 4.39 Å². The Balaban J connectivity index is 2.22. The average molecular weight is 254 g/mol. The Morgan fingerprint density at radius 2 is 2.22 bits per heavy atom. The van der Waals surface area contributed by atoms with Crippen molar-refractivity contribution in [1.82, 2.24) is 9.78 Å². The number of aromatic nitrogens is 2. The highest BCUT2D eigenvalue weighted by molar-refractivity contribution is 5.71. The molecule has 0 amide bonds. The van der Waals surface area contributed by atoms with Crippen molar-refractivity contribution in [2.24, 2.45) is 5.92 Å². The molecule has 5 nitrogen and oxygen atoms in total. The van der Waals surface area contributed by atoms with E-state index in [4.69, 9.17) is 5.11 Å². The molecule has 0 aromatic carbocycles. The molecule has 1 aliphatic carbocycles. The fourth-order valence-electron chi connectivity index (χ4n) is 2.13. The molecule has 1 unspecified atom stereocenters. The molecule has 1 aliphatic rings. The van der Waals surface area contributed by atoms with E-state index < -0.39 is 12.1 Å². The lowest BCUT2D eigenvalue weighted by Crippen LogP contribution is -2.33. The summed E-state index contributed by atoms with van der Waals surface area (Å²) in [5.41, 5.74) is 0.572. The smallest absolute Gasteiger partial charge is 0.306 e. The zero-order chi connectivity index (χ0) is 13.4. The van der Waals surface area contributed by atoms with Gasteiger partial charge in [0, 0.05) is 0 Å². The van der Waals surface area contributed by atoms with E-state index in [2.05, 4.69) is 11.7 Å². The van der Waals surface area contributed by atoms with E-state index in [-0.39, 0.29) is 23.4 Å². The maximum atomic E-state index is 13.5. The molecule has 18 heavy (non-hydrogen) atoms. The summed E-state index contributed by atoms with van der Waals surface area (Å²) in [7, 11) is 0. The average Bonchev–Trinajstić information content (AvgIpc) is 2.59. The van der Waals surface area contributed by atoms with Crippen LogP contribution in [0.3, 0.4) is 0 Å². The van der Waals surface area contributed by atoms with Gasteiger partial charge in [-0.2, -0.15) is 5.10 Å². The summed E-state index contributed by atoms with van der Waals surface area (Å²) in [6.07, 6.45) is -0.350. The number of aliphatic carboxylic acids is 1. The second kappa shape index (κ2) is 4.44. The summed E-state index contributed by atoms with van der Waals surface area (Å²) in [6, 6.07) is 1.33. The van der Waals surface area contributed by atoms with Gasteiger partial charge in [-0.15, -0.1) is 0 Å². The normalized spacial score (nSPS) is 24.3. The Labute approximate surface area is 104 Å². The molecule has 6 heteroatoms. The molecule has 98 valence electrons. The number of carbonyl (C=O) groups is 1. The molecule has 2 rings (SSSR count). The molecule has 0 radical (unpaired) electrons. The van der Waals surface area contributed by atoms with Gasteiger partial charge in [0.05, 0.1) is 17.7 Å². The Bertz CT molecular complexity index is 490. The molecular weight excluding hydrogens is 239 g/mol. The minimum Gasteiger partial charge on any atom is -0.506 e. The van der Waals surface area contributed by atoms with Gasteiger partial charge in [0.15, 0.2) is 0 Å². The van der Waals surface area contributed by atoms with Crippen molar-refractivity contribution >= 4 is 11.7 Å². The third-order valence-electron chi connectivity index (χ3n) is 3.28. The molecule has 0 bridgehead atoms. The highest BCUT2D eigenvalue weighted by Crippen LogP contribution is 2.39. The van der Waals surface area contributed by atoms with Crippen molar-refractivity contribution in [3.05, 3.63) is 24.0 Å². The van der Waals surface area contributed by atoms with Gasteiger partial charge in [0.2, 0.25) is 0 Å². The van der Waals surface area contributed by atoms with Crippen molar-refractivity contribution in [2.75, 3.05) is 0 Å². The topological polar surface area (TPSA) is 75.4 Å². The zero-order valence-electron chi connectivity index (χ0n) is 10.0. The maximum absolute atomic E-state index is 13.5. The largest absolute Gasteiger partial charge is 0.506 e. The van der Waals surface area contributed by atoms with E-state index in [0.717, 1.165) is 0 Å². The number of aliphatic hydroxyl groups excluding tert-OH is 1. The van der Waals surface area contributed by atoms with Crippen LogP contribution in [0.25, 0.3) is 5.76 Å². The number of nitrogens with zero attached hydrogens (tertiary/aromatic N) is 2. The highest BCUT2D eigenvalue weighted by atomic mass is 19.1. The molecular formula is C12H15FN2O3. The Hall–Kier alpha value is -1.85. The summed E-state index contributed by atoms with van der Waals surface area (Å²) >= 11 is 0. The minimum absolute atomic E-state index is 0.118. The molecule has 0 spiro atoms. The number of carboxylic acid groups (broad SMARTS) is 1. The van der Waals surface area contributed by atoms with E-state index in [1.165, 1.54) is 17.7 Å². The van der Waals surface area contributed by atoms with Crippen LogP contribution in [-0.4, -0.2) is 26.0 Å². The van der Waals surface area contributed by atoms with Gasteiger partial charge in [-0.05, 0) is 25.8 Å². The number of hydrogen-bond acceptors (Lipinski definition) is 3. The number of halogens is 1. The van der Waals surface area contributed by atoms with Gasteiger partial charge in [0.1, 0.15) is 17.6 Å². The lowest BCUT2D eigenvalue weighted by Gasteiger charge is -2.33. The van der Waals surface area contributed by atoms with Crippen molar-refractivity contribution in [3.8, 4) is 0 Å². The number of alkyl halides is 1. The highest BCUT2D eigenvalue weighted by Gasteiger charge is 2.37. The van der Waals surface area contributed by atoms with E-state index >= 15 is 0 Å². The van der Waals surface area contributed by atoms with Crippen molar-refractivity contribution in [2.45, 2.75) is 32.0 Å². The third-order valence-corrected chi connectivity index (χ3v) is 3.28. The lowest BCUT2D eigenvalue weighted by molar-refractivity contribution is -0.146. The number of rotatable bonds is 4. The molecule has 1 atom stereocenters. The number of hydrogen-bond donors (Lipinski definition) is 2. The second-order valence-corrected chi connectivity index (χ2v) is 4.62. The fraction of sp³-hybridized carbons (Fsp3) is 0.500. The summed E-state index contributed by atoms with van der Waals surface area (Å²) in [5.74, 6) is -1.44. The monoisotopic (exact) mass is 254 g/mol. The van der Waals surface area contributed by atoms with Crippen LogP contribution >= 0.6 is 0 Å². The molecule has 1 aromatic heterocycles. The van der Waals surface area contributed by atoms with Crippen LogP contribution < -0.4 is 0 Å². The molecule has 1 heterocycles. The first-order chi connectivity index (χ1) is 8.40. The van der Waals surface area contributed by atoms with Gasteiger partial charge in [0.25, 0.3) is 0 Å². The first kappa shape index (κ1) is 12.6. The Morgan fingerprint density at radius 3 is 2.67 bits per heavy atom. The van der Waals surface area contributed by atoms with Crippen LogP contribution in [0.4, 0.5) is 4.39 Å². The van der Waals surface area contributed by atoms with Crippen LogP contribution in [-0.2, 0) is 4.79 Å². The van der Waals surface area contributed by atoms with Gasteiger partial charge in [-0.3, -0.25) is 9.48 Å². The van der Waals surface area contributed by atoms with Crippen LogP contribution in [0, 0.1) is 5.92 Å². The van der Waals surface area contributed by atoms with E-state index in [0.29, 0.717) is 18.5 Å². The third kappa shape index (κ3) is 2.10. The van der Waals surface area contributed by atoms with Crippen LogP contribution in [0.2, 0.25) is 0 Å². The first-order valence-electron chi connectivity index (χ1n) is 5.74. The molecule has 0 aliphatic heterocycles. The van der Waals surface area contributed by atoms with Crippen LogP contribution in [0.5, 0.6) is 0 Å². The van der Waals surface area contributed by atoms with Gasteiger partial charge >= 0.3 is 5.97 Å². The molecule has 1 fully saturated rings. The standard InChI is InChI=1S/C12H15FN2O3/c1-6(13)11-5-10(7(2)16)14-15(11)9-3-8(4-9)12(17)18/h5-6,8-9,16H,2-4H2,1H3,(H,17,18). The number of aliphatic hydroxyl groups is 1. The van der Waals surface area contributed by atoms with E-state index in [1.54, 1.807) is 0 Å². The van der Waals surface area contributed by atoms with E-state index in [1.807, 2.05) is 0 Å². The summed E-state index contributed by atoms with van der Waals surface area (Å²) in [6.45, 7) is 4.73. The van der Waals surface area contributed by atoms with Crippen molar-refractivity contribution in [1.29, 1.82) is 0 Å². The molecule has 1 aromatic rings. The zero-order valence-corrected chi connectivity index (χ0v) is 10.0. The van der Waals surface area contributed by atoms with Crippen molar-refractivity contribution < 1.29 is 19.4 Å². The predicted molar refractivity (Wildman–Crippen MR) is 62.8 cm³/mol. The second-order valence-electron chi connectivity index (χ2n) is 4.62. The maximum Gasteiger partial charge on any atom is 0.306 e.